The maximum Gasteiger partial charge on any atom is 0.242 e. The summed E-state index contributed by atoms with van der Waals surface area (Å²) in [6.45, 7) is 11.3. The van der Waals surface area contributed by atoms with Gasteiger partial charge in [0, 0.05) is 17.6 Å². The minimum Gasteiger partial charge on any atom is -0.350 e. The Morgan fingerprint density at radius 1 is 1.07 bits per heavy atom. The second kappa shape index (κ2) is 9.21. The predicted octanol–water partition coefficient (Wildman–Crippen LogP) is 4.32. The van der Waals surface area contributed by atoms with Gasteiger partial charge in [0.2, 0.25) is 11.8 Å². The summed E-state index contributed by atoms with van der Waals surface area (Å²) in [5, 5.41) is 2.91. The van der Waals surface area contributed by atoms with Crippen molar-refractivity contribution in [3.63, 3.8) is 0 Å². The Bertz CT molecular complexity index is 866. The molecule has 1 N–H and O–H groups in total. The molecular weight excluding hydrogens is 367 g/mol. The lowest BCUT2D eigenvalue weighted by atomic mass is 10.0. The van der Waals surface area contributed by atoms with Crippen molar-refractivity contribution in [2.75, 3.05) is 0 Å². The van der Waals surface area contributed by atoms with E-state index in [0.29, 0.717) is 5.56 Å². The molecule has 0 heterocycles. The fourth-order valence-electron chi connectivity index (χ4n) is 3.31. The average Bonchev–Trinajstić information content (AvgIpc) is 2.58. The number of nitrogens with zero attached hydrogens (tertiary/aromatic N) is 1. The topological polar surface area (TPSA) is 49.4 Å². The van der Waals surface area contributed by atoms with E-state index < -0.39 is 11.6 Å². The van der Waals surface area contributed by atoms with Crippen LogP contribution in [-0.2, 0) is 22.6 Å². The molecule has 4 nitrogen and oxygen atoms in total. The average molecular weight is 399 g/mol. The normalized spacial score (nSPS) is 12.4. The lowest BCUT2D eigenvalue weighted by molar-refractivity contribution is -0.140. The van der Waals surface area contributed by atoms with Gasteiger partial charge in [-0.15, -0.1) is 0 Å². The van der Waals surface area contributed by atoms with Crippen LogP contribution < -0.4 is 5.32 Å². The number of halogens is 1. The summed E-state index contributed by atoms with van der Waals surface area (Å²) in [5.41, 5.74) is 3.00. The standard InChI is InChI=1S/C24H31FN2O2/c1-16-11-17(2)13-19(12-16)14-22(28)27(15-20-9-7-8-10-21(20)25)18(3)23(29)26-24(4,5)6/h7-13,18H,14-15H2,1-6H3,(H,26,29)/t18-/m0/s1. The van der Waals surface area contributed by atoms with E-state index in [2.05, 4.69) is 5.32 Å². The molecule has 2 aromatic carbocycles. The van der Waals surface area contributed by atoms with E-state index >= 15 is 0 Å². The highest BCUT2D eigenvalue weighted by Crippen LogP contribution is 2.17. The Morgan fingerprint density at radius 2 is 1.66 bits per heavy atom. The van der Waals surface area contributed by atoms with Crippen LogP contribution in [-0.4, -0.2) is 28.3 Å². The number of rotatable bonds is 6. The van der Waals surface area contributed by atoms with Crippen LogP contribution in [0.25, 0.3) is 0 Å². The monoisotopic (exact) mass is 398 g/mol. The zero-order chi connectivity index (χ0) is 21.8. The molecule has 0 saturated heterocycles. The van der Waals surface area contributed by atoms with Gasteiger partial charge in [-0.3, -0.25) is 9.59 Å². The van der Waals surface area contributed by atoms with Crippen LogP contribution >= 0.6 is 0 Å². The Morgan fingerprint density at radius 3 is 2.21 bits per heavy atom. The first kappa shape index (κ1) is 22.6. The first-order valence-corrected chi connectivity index (χ1v) is 9.88. The first-order chi connectivity index (χ1) is 13.5. The molecule has 0 aliphatic heterocycles. The van der Waals surface area contributed by atoms with E-state index in [0.717, 1.165) is 16.7 Å². The van der Waals surface area contributed by atoms with E-state index in [1.165, 1.54) is 11.0 Å². The van der Waals surface area contributed by atoms with Crippen LogP contribution in [0.2, 0.25) is 0 Å². The Balaban J connectivity index is 2.30. The van der Waals surface area contributed by atoms with Crippen LogP contribution in [0.3, 0.4) is 0 Å². The van der Waals surface area contributed by atoms with Crippen LogP contribution in [0.4, 0.5) is 4.39 Å². The summed E-state index contributed by atoms with van der Waals surface area (Å²) in [4.78, 5) is 27.4. The number of carbonyl (C=O) groups excluding carboxylic acids is 2. The number of nitrogens with one attached hydrogen (secondary N) is 1. The van der Waals surface area contributed by atoms with Gasteiger partial charge in [-0.05, 0) is 53.2 Å². The fourth-order valence-corrected chi connectivity index (χ4v) is 3.31. The van der Waals surface area contributed by atoms with Gasteiger partial charge in [-0.25, -0.2) is 4.39 Å². The van der Waals surface area contributed by atoms with Crippen LogP contribution in [0, 0.1) is 19.7 Å². The van der Waals surface area contributed by atoms with Crippen molar-refractivity contribution in [1.82, 2.24) is 10.2 Å². The van der Waals surface area contributed by atoms with Gasteiger partial charge in [0.25, 0.3) is 0 Å². The third-order valence-corrected chi connectivity index (χ3v) is 4.60. The fraction of sp³-hybridized carbons (Fsp3) is 0.417. The van der Waals surface area contributed by atoms with E-state index in [4.69, 9.17) is 0 Å². The lowest BCUT2D eigenvalue weighted by Gasteiger charge is -2.31. The number of aryl methyl sites for hydroxylation is 2. The van der Waals surface area contributed by atoms with Gasteiger partial charge in [0.1, 0.15) is 11.9 Å². The zero-order valence-electron chi connectivity index (χ0n) is 18.2. The quantitative estimate of drug-likeness (QED) is 0.788. The van der Waals surface area contributed by atoms with Gasteiger partial charge in [0.05, 0.1) is 6.42 Å². The molecule has 0 fully saturated rings. The highest BCUT2D eigenvalue weighted by Gasteiger charge is 2.29. The molecule has 2 aromatic rings. The summed E-state index contributed by atoms with van der Waals surface area (Å²) in [5.74, 6) is -0.863. The maximum atomic E-state index is 14.2. The van der Waals surface area contributed by atoms with Gasteiger partial charge in [0.15, 0.2) is 0 Å². The van der Waals surface area contributed by atoms with Crippen molar-refractivity contribution in [3.8, 4) is 0 Å². The van der Waals surface area contributed by atoms with Crippen molar-refractivity contribution >= 4 is 11.8 Å². The molecule has 29 heavy (non-hydrogen) atoms. The molecule has 1 atom stereocenters. The molecular formula is C24H31FN2O2. The number of amides is 2. The number of carbonyl (C=O) groups is 2. The third kappa shape index (κ3) is 6.70. The minimum atomic E-state index is -0.729. The largest absolute Gasteiger partial charge is 0.350 e. The van der Waals surface area contributed by atoms with E-state index in [9.17, 15) is 14.0 Å². The summed E-state index contributed by atoms with van der Waals surface area (Å²) >= 11 is 0. The van der Waals surface area contributed by atoms with Crippen molar-refractivity contribution in [2.24, 2.45) is 0 Å². The summed E-state index contributed by atoms with van der Waals surface area (Å²) in [7, 11) is 0. The van der Waals surface area contributed by atoms with Crippen LogP contribution in [0.1, 0.15) is 49.9 Å². The van der Waals surface area contributed by atoms with Gasteiger partial charge in [-0.1, -0.05) is 47.5 Å². The molecule has 0 radical (unpaired) electrons. The Labute approximate surface area is 173 Å². The summed E-state index contributed by atoms with van der Waals surface area (Å²) in [6, 6.07) is 11.6. The molecule has 0 aliphatic rings. The third-order valence-electron chi connectivity index (χ3n) is 4.60. The molecule has 5 heteroatoms. The van der Waals surface area contributed by atoms with Crippen molar-refractivity contribution in [1.29, 1.82) is 0 Å². The molecule has 0 unspecified atom stereocenters. The molecule has 0 spiro atoms. The zero-order valence-corrected chi connectivity index (χ0v) is 18.2. The maximum absolute atomic E-state index is 14.2. The van der Waals surface area contributed by atoms with Crippen LogP contribution in [0.5, 0.6) is 0 Å². The van der Waals surface area contributed by atoms with E-state index in [1.54, 1.807) is 25.1 Å². The molecule has 2 amide bonds. The van der Waals surface area contributed by atoms with Crippen molar-refractivity contribution in [2.45, 2.75) is 66.1 Å². The number of hydrogen-bond acceptors (Lipinski definition) is 2. The summed E-state index contributed by atoms with van der Waals surface area (Å²) < 4.78 is 14.2. The number of benzene rings is 2. The predicted molar refractivity (Wildman–Crippen MR) is 114 cm³/mol. The highest BCUT2D eigenvalue weighted by atomic mass is 19.1. The second-order valence-corrected chi connectivity index (χ2v) is 8.70. The second-order valence-electron chi connectivity index (χ2n) is 8.70. The summed E-state index contributed by atoms with van der Waals surface area (Å²) in [6.07, 6.45) is 0.157. The van der Waals surface area contributed by atoms with Crippen molar-refractivity contribution in [3.05, 3.63) is 70.5 Å². The molecule has 0 bridgehead atoms. The first-order valence-electron chi connectivity index (χ1n) is 9.88. The highest BCUT2D eigenvalue weighted by molar-refractivity contribution is 5.88. The molecule has 0 aliphatic carbocycles. The SMILES string of the molecule is Cc1cc(C)cc(CC(=O)N(Cc2ccccc2F)[C@@H](C)C(=O)NC(C)(C)C)c1. The smallest absolute Gasteiger partial charge is 0.242 e. The van der Waals surface area contributed by atoms with Crippen LogP contribution in [0.15, 0.2) is 42.5 Å². The van der Waals surface area contributed by atoms with E-state index in [-0.39, 0.29) is 30.6 Å². The van der Waals surface area contributed by atoms with Crippen molar-refractivity contribution < 1.29 is 14.0 Å². The molecule has 2 rings (SSSR count). The Kier molecular flexibility index (Phi) is 7.17. The van der Waals surface area contributed by atoms with Gasteiger partial charge in [-0.2, -0.15) is 0 Å². The lowest BCUT2D eigenvalue weighted by Crippen LogP contribution is -2.52. The molecule has 0 saturated carbocycles. The Hall–Kier alpha value is -2.69. The van der Waals surface area contributed by atoms with Gasteiger partial charge < -0.3 is 10.2 Å². The van der Waals surface area contributed by atoms with Gasteiger partial charge >= 0.3 is 0 Å². The molecule has 156 valence electrons. The van der Waals surface area contributed by atoms with E-state index in [1.807, 2.05) is 52.8 Å². The number of hydrogen-bond donors (Lipinski definition) is 1. The minimum absolute atomic E-state index is 0.0367. The molecule has 0 aromatic heterocycles.